The first kappa shape index (κ1) is 9.39. The number of nitrogens with zero attached hydrogens (tertiary/aromatic N) is 1. The highest BCUT2D eigenvalue weighted by Crippen LogP contribution is 1.87. The summed E-state index contributed by atoms with van der Waals surface area (Å²) in [6.45, 7) is 1.29. The average molecular weight is 147 g/mol. The zero-order valence-electron chi connectivity index (χ0n) is 6.24. The molecule has 0 aliphatic carbocycles. The predicted octanol–water partition coefficient (Wildman–Crippen LogP) is -1.18. The van der Waals surface area contributed by atoms with Gasteiger partial charge in [0.1, 0.15) is 0 Å². The molecule has 0 saturated heterocycles. The van der Waals surface area contributed by atoms with Crippen molar-refractivity contribution in [2.75, 3.05) is 20.2 Å². The van der Waals surface area contributed by atoms with Gasteiger partial charge in [0.15, 0.2) is 0 Å². The Morgan fingerprint density at radius 3 is 2.50 bits per heavy atom. The van der Waals surface area contributed by atoms with Crippen LogP contribution in [0.5, 0.6) is 0 Å². The number of hydrogen-bond acceptors (Lipinski definition) is 3. The van der Waals surface area contributed by atoms with E-state index in [1.54, 1.807) is 7.05 Å². The Labute approximate surface area is 60.1 Å². The second-order valence-corrected chi connectivity index (χ2v) is 2.24. The third-order valence-electron chi connectivity index (χ3n) is 1.23. The molecule has 0 aliphatic rings. The smallest absolute Gasteiger partial charge is 0.219 e. The Balaban J connectivity index is 3.56. The summed E-state index contributed by atoms with van der Waals surface area (Å²) >= 11 is 0. The summed E-state index contributed by atoms with van der Waals surface area (Å²) in [5, 5.41) is 17.2. The van der Waals surface area contributed by atoms with Crippen LogP contribution in [-0.2, 0) is 4.79 Å². The van der Waals surface area contributed by atoms with Gasteiger partial charge in [-0.2, -0.15) is 0 Å². The van der Waals surface area contributed by atoms with E-state index in [4.69, 9.17) is 10.2 Å². The lowest BCUT2D eigenvalue weighted by molar-refractivity contribution is -0.129. The van der Waals surface area contributed by atoms with Crippen LogP contribution in [0.1, 0.15) is 6.92 Å². The summed E-state index contributed by atoms with van der Waals surface area (Å²) in [7, 11) is 1.57. The molecule has 0 spiro atoms. The standard InChI is InChI=1S/C6H13NO3/c1-5(9)7(2)3-6(10)4-8/h6,8,10H,3-4H2,1-2H3/t6-/m1/s1. The first-order chi connectivity index (χ1) is 4.57. The van der Waals surface area contributed by atoms with Gasteiger partial charge in [0.05, 0.1) is 12.7 Å². The quantitative estimate of drug-likeness (QED) is 0.528. The molecule has 0 fully saturated rings. The molecule has 0 aromatic rings. The van der Waals surface area contributed by atoms with Gasteiger partial charge in [-0.25, -0.2) is 0 Å². The number of likely N-dealkylation sites (N-methyl/N-ethyl adjacent to an activating group) is 1. The summed E-state index contributed by atoms with van der Waals surface area (Å²) in [6.07, 6.45) is -0.825. The largest absolute Gasteiger partial charge is 0.394 e. The van der Waals surface area contributed by atoms with E-state index in [1.165, 1.54) is 11.8 Å². The van der Waals surface area contributed by atoms with Gasteiger partial charge in [0.2, 0.25) is 5.91 Å². The maximum absolute atomic E-state index is 10.5. The van der Waals surface area contributed by atoms with E-state index in [0.29, 0.717) is 0 Å². The van der Waals surface area contributed by atoms with Crippen molar-refractivity contribution in [2.45, 2.75) is 13.0 Å². The number of rotatable bonds is 3. The van der Waals surface area contributed by atoms with Crippen molar-refractivity contribution in [3.8, 4) is 0 Å². The van der Waals surface area contributed by atoms with E-state index < -0.39 is 6.10 Å². The minimum atomic E-state index is -0.825. The molecule has 0 unspecified atom stereocenters. The lowest BCUT2D eigenvalue weighted by Crippen LogP contribution is -2.34. The van der Waals surface area contributed by atoms with Crippen LogP contribution in [0.3, 0.4) is 0 Å². The molecule has 0 radical (unpaired) electrons. The highest BCUT2D eigenvalue weighted by atomic mass is 16.3. The van der Waals surface area contributed by atoms with Gasteiger partial charge in [0.25, 0.3) is 0 Å². The number of aliphatic hydroxyl groups is 2. The molecule has 0 aromatic heterocycles. The highest BCUT2D eigenvalue weighted by Gasteiger charge is 2.07. The van der Waals surface area contributed by atoms with Crippen molar-refractivity contribution < 1.29 is 15.0 Å². The number of hydrogen-bond donors (Lipinski definition) is 2. The fourth-order valence-electron chi connectivity index (χ4n) is 0.502. The summed E-state index contributed by atoms with van der Waals surface area (Å²) < 4.78 is 0. The van der Waals surface area contributed by atoms with Crippen molar-refractivity contribution in [3.05, 3.63) is 0 Å². The van der Waals surface area contributed by atoms with Gasteiger partial charge >= 0.3 is 0 Å². The molecule has 2 N–H and O–H groups in total. The lowest BCUT2D eigenvalue weighted by atomic mass is 10.3. The minimum absolute atomic E-state index is 0.118. The molecule has 60 valence electrons. The summed E-state index contributed by atoms with van der Waals surface area (Å²) in [5.41, 5.74) is 0. The SMILES string of the molecule is CC(=O)N(C)C[C@@H](O)CO. The second kappa shape index (κ2) is 4.24. The average Bonchev–Trinajstić information content (AvgIpc) is 1.87. The molecular formula is C6H13NO3. The Kier molecular flexibility index (Phi) is 3.99. The van der Waals surface area contributed by atoms with E-state index in [0.717, 1.165) is 0 Å². The normalized spacial score (nSPS) is 12.8. The van der Waals surface area contributed by atoms with Gasteiger partial charge in [-0.15, -0.1) is 0 Å². The van der Waals surface area contributed by atoms with Crippen LogP contribution in [-0.4, -0.2) is 47.3 Å². The van der Waals surface area contributed by atoms with Crippen LogP contribution < -0.4 is 0 Å². The molecule has 0 aromatic carbocycles. The van der Waals surface area contributed by atoms with Crippen LogP contribution in [0.2, 0.25) is 0 Å². The number of carbonyl (C=O) groups excluding carboxylic acids is 1. The van der Waals surface area contributed by atoms with Gasteiger partial charge < -0.3 is 15.1 Å². The minimum Gasteiger partial charge on any atom is -0.394 e. The molecule has 0 bridgehead atoms. The molecule has 0 aliphatic heterocycles. The van der Waals surface area contributed by atoms with E-state index in [-0.39, 0.29) is 19.1 Å². The van der Waals surface area contributed by atoms with Crippen LogP contribution in [0.15, 0.2) is 0 Å². The first-order valence-electron chi connectivity index (χ1n) is 3.08. The monoisotopic (exact) mass is 147 g/mol. The Morgan fingerprint density at radius 1 is 1.70 bits per heavy atom. The summed E-state index contributed by atoms with van der Waals surface area (Å²) in [4.78, 5) is 11.9. The Morgan fingerprint density at radius 2 is 2.20 bits per heavy atom. The number of aliphatic hydroxyl groups excluding tert-OH is 2. The fourth-order valence-corrected chi connectivity index (χ4v) is 0.502. The molecule has 1 amide bonds. The van der Waals surface area contributed by atoms with Gasteiger partial charge in [-0.1, -0.05) is 0 Å². The molecule has 4 nitrogen and oxygen atoms in total. The van der Waals surface area contributed by atoms with Gasteiger partial charge in [-0.05, 0) is 0 Å². The van der Waals surface area contributed by atoms with E-state index >= 15 is 0 Å². The van der Waals surface area contributed by atoms with Crippen LogP contribution in [0, 0.1) is 0 Å². The lowest BCUT2D eigenvalue weighted by Gasteiger charge is -2.17. The van der Waals surface area contributed by atoms with Crippen LogP contribution >= 0.6 is 0 Å². The molecule has 4 heteroatoms. The van der Waals surface area contributed by atoms with Crippen molar-refractivity contribution in [3.63, 3.8) is 0 Å². The third kappa shape index (κ3) is 3.42. The van der Waals surface area contributed by atoms with Crippen molar-refractivity contribution in [2.24, 2.45) is 0 Å². The number of carbonyl (C=O) groups is 1. The van der Waals surface area contributed by atoms with Crippen LogP contribution in [0.4, 0.5) is 0 Å². The van der Waals surface area contributed by atoms with Crippen molar-refractivity contribution in [1.29, 1.82) is 0 Å². The zero-order valence-corrected chi connectivity index (χ0v) is 6.24. The fraction of sp³-hybridized carbons (Fsp3) is 0.833. The molecule has 0 saturated carbocycles. The van der Waals surface area contributed by atoms with E-state index in [1.807, 2.05) is 0 Å². The third-order valence-corrected chi connectivity index (χ3v) is 1.23. The second-order valence-electron chi connectivity index (χ2n) is 2.24. The number of amides is 1. The predicted molar refractivity (Wildman–Crippen MR) is 36.4 cm³/mol. The molecule has 0 heterocycles. The molecular weight excluding hydrogens is 134 g/mol. The van der Waals surface area contributed by atoms with Crippen LogP contribution in [0.25, 0.3) is 0 Å². The van der Waals surface area contributed by atoms with E-state index in [9.17, 15) is 4.79 Å². The maximum Gasteiger partial charge on any atom is 0.219 e. The molecule has 0 rings (SSSR count). The van der Waals surface area contributed by atoms with E-state index in [2.05, 4.69) is 0 Å². The summed E-state index contributed by atoms with van der Waals surface area (Å²) in [5.74, 6) is -0.118. The highest BCUT2D eigenvalue weighted by molar-refractivity contribution is 5.72. The molecule has 10 heavy (non-hydrogen) atoms. The first-order valence-corrected chi connectivity index (χ1v) is 3.08. The van der Waals surface area contributed by atoms with Gasteiger partial charge in [-0.3, -0.25) is 4.79 Å². The maximum atomic E-state index is 10.5. The summed E-state index contributed by atoms with van der Waals surface area (Å²) in [6, 6.07) is 0. The van der Waals surface area contributed by atoms with Gasteiger partial charge in [0, 0.05) is 20.5 Å². The molecule has 1 atom stereocenters. The zero-order chi connectivity index (χ0) is 8.15. The van der Waals surface area contributed by atoms with Crippen molar-refractivity contribution in [1.82, 2.24) is 4.90 Å². The topological polar surface area (TPSA) is 60.8 Å². The Hall–Kier alpha value is -0.610. The van der Waals surface area contributed by atoms with Crippen molar-refractivity contribution >= 4 is 5.91 Å². The Bertz CT molecular complexity index is 116.